The summed E-state index contributed by atoms with van der Waals surface area (Å²) in [6.07, 6.45) is 2.14. The van der Waals surface area contributed by atoms with Crippen LogP contribution >= 0.6 is 0 Å². The second-order valence-electron chi connectivity index (χ2n) is 2.76. The van der Waals surface area contributed by atoms with E-state index in [9.17, 15) is 4.79 Å². The Labute approximate surface area is 84.3 Å². The van der Waals surface area contributed by atoms with Gasteiger partial charge in [-0.25, -0.2) is 10.8 Å². The summed E-state index contributed by atoms with van der Waals surface area (Å²) in [4.78, 5) is 14.8. The van der Waals surface area contributed by atoms with Gasteiger partial charge in [0.1, 0.15) is 6.54 Å². The van der Waals surface area contributed by atoms with Crippen molar-refractivity contribution < 1.29 is 4.79 Å². The molecule has 0 aromatic rings. The fourth-order valence-electron chi connectivity index (χ4n) is 0.766. The SMILES string of the molecule is CCCCNC(=NCC(=O)NC)NN. The number of hydrogen-bond donors (Lipinski definition) is 4. The van der Waals surface area contributed by atoms with E-state index in [-0.39, 0.29) is 12.5 Å². The summed E-state index contributed by atoms with van der Waals surface area (Å²) in [5, 5.41) is 5.45. The molecule has 1 amide bonds. The summed E-state index contributed by atoms with van der Waals surface area (Å²) in [7, 11) is 1.57. The van der Waals surface area contributed by atoms with Gasteiger partial charge in [-0.2, -0.15) is 0 Å². The van der Waals surface area contributed by atoms with Gasteiger partial charge in [0.05, 0.1) is 0 Å². The lowest BCUT2D eigenvalue weighted by molar-refractivity contribution is -0.119. The first kappa shape index (κ1) is 12.7. The second-order valence-corrected chi connectivity index (χ2v) is 2.76. The van der Waals surface area contributed by atoms with E-state index in [1.54, 1.807) is 7.05 Å². The van der Waals surface area contributed by atoms with Crippen LogP contribution in [0.1, 0.15) is 19.8 Å². The van der Waals surface area contributed by atoms with E-state index in [0.717, 1.165) is 19.4 Å². The van der Waals surface area contributed by atoms with E-state index in [2.05, 4.69) is 28.0 Å². The first-order valence-corrected chi connectivity index (χ1v) is 4.70. The van der Waals surface area contributed by atoms with Crippen LogP contribution in [0.2, 0.25) is 0 Å². The highest BCUT2D eigenvalue weighted by Crippen LogP contribution is 1.82. The number of carbonyl (C=O) groups is 1. The Balaban J connectivity index is 3.80. The van der Waals surface area contributed by atoms with Crippen molar-refractivity contribution in [2.45, 2.75) is 19.8 Å². The molecule has 0 aromatic carbocycles. The van der Waals surface area contributed by atoms with E-state index in [0.29, 0.717) is 5.96 Å². The predicted molar refractivity (Wildman–Crippen MR) is 56.6 cm³/mol. The molecule has 0 unspecified atom stereocenters. The van der Waals surface area contributed by atoms with E-state index in [4.69, 9.17) is 5.84 Å². The molecule has 82 valence electrons. The van der Waals surface area contributed by atoms with E-state index in [1.807, 2.05) is 0 Å². The van der Waals surface area contributed by atoms with Gasteiger partial charge in [0, 0.05) is 13.6 Å². The van der Waals surface area contributed by atoms with Crippen molar-refractivity contribution >= 4 is 11.9 Å². The fourth-order valence-corrected chi connectivity index (χ4v) is 0.766. The van der Waals surface area contributed by atoms with Crippen LogP contribution in [0.5, 0.6) is 0 Å². The molecule has 0 heterocycles. The van der Waals surface area contributed by atoms with Crippen molar-refractivity contribution in [3.63, 3.8) is 0 Å². The minimum absolute atomic E-state index is 0.0785. The average Bonchev–Trinajstić information content (AvgIpc) is 2.22. The number of unbranched alkanes of at least 4 members (excludes halogenated alkanes) is 1. The van der Waals surface area contributed by atoms with Gasteiger partial charge in [-0.1, -0.05) is 13.3 Å². The molecule has 0 atom stereocenters. The Bertz CT molecular complexity index is 192. The normalized spacial score (nSPS) is 10.9. The Morgan fingerprint density at radius 3 is 2.71 bits per heavy atom. The van der Waals surface area contributed by atoms with Crippen molar-refractivity contribution in [1.82, 2.24) is 16.1 Å². The van der Waals surface area contributed by atoms with E-state index in [1.165, 1.54) is 0 Å². The van der Waals surface area contributed by atoms with Crippen LogP contribution in [0, 0.1) is 0 Å². The molecule has 0 rings (SSSR count). The standard InChI is InChI=1S/C8H19N5O/c1-3-4-5-11-8(13-9)12-6-7(14)10-2/h3-6,9H2,1-2H3,(H,10,14)(H2,11,12,13). The number of guanidine groups is 1. The number of likely N-dealkylation sites (N-methyl/N-ethyl adjacent to an activating group) is 1. The monoisotopic (exact) mass is 201 g/mol. The van der Waals surface area contributed by atoms with Crippen LogP contribution in [0.3, 0.4) is 0 Å². The molecular formula is C8H19N5O. The molecule has 5 N–H and O–H groups in total. The first-order chi connectivity index (χ1) is 6.74. The van der Waals surface area contributed by atoms with Crippen LogP contribution in [-0.4, -0.2) is 32.0 Å². The number of amides is 1. The number of rotatable bonds is 5. The van der Waals surface area contributed by atoms with Crippen LogP contribution in [-0.2, 0) is 4.79 Å². The molecule has 6 nitrogen and oxygen atoms in total. The molecule has 0 radical (unpaired) electrons. The molecule has 0 aliphatic rings. The highest BCUT2D eigenvalue weighted by atomic mass is 16.1. The molecule has 0 spiro atoms. The van der Waals surface area contributed by atoms with Crippen molar-refractivity contribution in [3.05, 3.63) is 0 Å². The smallest absolute Gasteiger partial charge is 0.241 e. The number of carbonyl (C=O) groups excluding carboxylic acids is 1. The maximum atomic E-state index is 10.8. The largest absolute Gasteiger partial charge is 0.358 e. The minimum Gasteiger partial charge on any atom is -0.358 e. The number of hydrogen-bond acceptors (Lipinski definition) is 3. The van der Waals surface area contributed by atoms with Crippen LogP contribution in [0.25, 0.3) is 0 Å². The Hall–Kier alpha value is -1.30. The van der Waals surface area contributed by atoms with E-state index >= 15 is 0 Å². The molecule has 0 aromatic heterocycles. The lowest BCUT2D eigenvalue weighted by Crippen LogP contribution is -2.42. The summed E-state index contributed by atoms with van der Waals surface area (Å²) in [6.45, 7) is 2.97. The number of nitrogens with zero attached hydrogens (tertiary/aromatic N) is 1. The maximum absolute atomic E-state index is 10.8. The van der Waals surface area contributed by atoms with Gasteiger partial charge < -0.3 is 10.6 Å². The summed E-state index contributed by atoms with van der Waals surface area (Å²) >= 11 is 0. The molecule has 0 fully saturated rings. The lowest BCUT2D eigenvalue weighted by atomic mass is 10.3. The highest BCUT2D eigenvalue weighted by Gasteiger charge is 1.97. The molecule has 0 aliphatic carbocycles. The highest BCUT2D eigenvalue weighted by molar-refractivity contribution is 5.84. The number of hydrazine groups is 1. The zero-order valence-electron chi connectivity index (χ0n) is 8.76. The van der Waals surface area contributed by atoms with Crippen LogP contribution in [0.4, 0.5) is 0 Å². The molecule has 14 heavy (non-hydrogen) atoms. The number of aliphatic imine (C=N–C) groups is 1. The summed E-state index contributed by atoms with van der Waals surface area (Å²) in [6, 6.07) is 0. The van der Waals surface area contributed by atoms with Crippen molar-refractivity contribution in [3.8, 4) is 0 Å². The number of nitrogens with two attached hydrogens (primary N) is 1. The fraction of sp³-hybridized carbons (Fsp3) is 0.750. The zero-order chi connectivity index (χ0) is 10.8. The van der Waals surface area contributed by atoms with Crippen molar-refractivity contribution in [2.24, 2.45) is 10.8 Å². The average molecular weight is 201 g/mol. The summed E-state index contributed by atoms with van der Waals surface area (Å²) in [5.74, 6) is 5.51. The third kappa shape index (κ3) is 6.24. The summed E-state index contributed by atoms with van der Waals surface area (Å²) < 4.78 is 0. The summed E-state index contributed by atoms with van der Waals surface area (Å²) in [5.41, 5.74) is 2.40. The third-order valence-electron chi connectivity index (χ3n) is 1.62. The first-order valence-electron chi connectivity index (χ1n) is 4.70. The van der Waals surface area contributed by atoms with Gasteiger partial charge in [0.2, 0.25) is 11.9 Å². The Morgan fingerprint density at radius 1 is 1.50 bits per heavy atom. The molecule has 0 saturated heterocycles. The zero-order valence-corrected chi connectivity index (χ0v) is 8.76. The van der Waals surface area contributed by atoms with Gasteiger partial charge in [-0.3, -0.25) is 10.2 Å². The quantitative estimate of drug-likeness (QED) is 0.150. The molecular weight excluding hydrogens is 182 g/mol. The minimum atomic E-state index is -0.143. The van der Waals surface area contributed by atoms with Gasteiger partial charge in [-0.15, -0.1) is 0 Å². The molecule has 6 heteroatoms. The van der Waals surface area contributed by atoms with Gasteiger partial charge in [-0.05, 0) is 6.42 Å². The maximum Gasteiger partial charge on any atom is 0.241 e. The lowest BCUT2D eigenvalue weighted by Gasteiger charge is -2.07. The Morgan fingerprint density at radius 2 is 2.21 bits per heavy atom. The van der Waals surface area contributed by atoms with Crippen LogP contribution in [0.15, 0.2) is 4.99 Å². The predicted octanol–water partition coefficient (Wildman–Crippen LogP) is -1.06. The molecule has 0 saturated carbocycles. The Kier molecular flexibility index (Phi) is 7.53. The van der Waals surface area contributed by atoms with Gasteiger partial charge >= 0.3 is 0 Å². The second kappa shape index (κ2) is 8.31. The van der Waals surface area contributed by atoms with Gasteiger partial charge in [0.15, 0.2) is 0 Å². The van der Waals surface area contributed by atoms with Crippen molar-refractivity contribution in [1.29, 1.82) is 0 Å². The molecule has 0 aliphatic heterocycles. The number of nitrogens with one attached hydrogen (secondary N) is 3. The molecule has 0 bridgehead atoms. The van der Waals surface area contributed by atoms with Crippen molar-refractivity contribution in [2.75, 3.05) is 20.1 Å². The van der Waals surface area contributed by atoms with Gasteiger partial charge in [0.25, 0.3) is 0 Å². The van der Waals surface area contributed by atoms with E-state index < -0.39 is 0 Å². The van der Waals surface area contributed by atoms with Crippen LogP contribution < -0.4 is 21.9 Å². The third-order valence-corrected chi connectivity index (χ3v) is 1.62. The topological polar surface area (TPSA) is 91.5 Å².